The van der Waals surface area contributed by atoms with Crippen molar-refractivity contribution < 1.29 is 9.53 Å². The van der Waals surface area contributed by atoms with Gasteiger partial charge in [0.1, 0.15) is 6.61 Å². The molecule has 0 aromatic heterocycles. The summed E-state index contributed by atoms with van der Waals surface area (Å²) < 4.78 is 5.65. The van der Waals surface area contributed by atoms with Crippen LogP contribution in [0.3, 0.4) is 0 Å². The van der Waals surface area contributed by atoms with Crippen LogP contribution in [0.4, 0.5) is 0 Å². The van der Waals surface area contributed by atoms with Crippen LogP contribution in [0.25, 0.3) is 11.1 Å². The molecule has 0 aromatic carbocycles. The molecule has 0 N–H and O–H groups in total. The number of aryl methyl sites for hydroxylation is 1. The largest absolute Gasteiger partial charge is 0.461 e. The van der Waals surface area contributed by atoms with Crippen molar-refractivity contribution in [1.29, 1.82) is 0 Å². The average Bonchev–Trinajstić information content (AvgIpc) is 3.16. The number of esters is 1. The standard InChI is InChI=1S/C33H52O2/c1-5-6-7-8-9-10-11-12-13-14-15-16-17-18-19-20-33(34)35-26-30-23-24-31-28(4)21-22-29(27(2)3)25-32(30)31/h21-25,27H,5-20,26H2,1-4H3. The fraction of sp³-hybridized carbons (Fsp3) is 0.667. The van der Waals surface area contributed by atoms with Crippen LogP contribution in [0.1, 0.15) is 146 Å². The van der Waals surface area contributed by atoms with Gasteiger partial charge in [-0.3, -0.25) is 4.79 Å². The second-order valence-corrected chi connectivity index (χ2v) is 10.9. The minimum absolute atomic E-state index is 0.0600. The third kappa shape index (κ3) is 11.6. The Labute approximate surface area is 216 Å². The van der Waals surface area contributed by atoms with Crippen molar-refractivity contribution in [3.05, 3.63) is 47.0 Å². The molecule has 2 aliphatic rings. The van der Waals surface area contributed by atoms with Gasteiger partial charge in [0.15, 0.2) is 0 Å². The Morgan fingerprint density at radius 1 is 0.714 bits per heavy atom. The van der Waals surface area contributed by atoms with E-state index in [9.17, 15) is 4.79 Å². The SMILES string of the molecule is CCCCCCCCCCCCCCCCCC(=O)OCc1ccc2c(C)ccc(C(C)C)cc1-2. The zero-order valence-electron chi connectivity index (χ0n) is 23.3. The summed E-state index contributed by atoms with van der Waals surface area (Å²) in [4.78, 5) is 12.3. The molecule has 0 bridgehead atoms. The lowest BCUT2D eigenvalue weighted by Gasteiger charge is -2.08. The van der Waals surface area contributed by atoms with E-state index in [4.69, 9.17) is 4.74 Å². The zero-order chi connectivity index (χ0) is 25.3. The second-order valence-electron chi connectivity index (χ2n) is 10.9. The highest BCUT2D eigenvalue weighted by molar-refractivity contribution is 5.75. The van der Waals surface area contributed by atoms with Gasteiger partial charge >= 0.3 is 5.97 Å². The molecule has 0 spiro atoms. The summed E-state index contributed by atoms with van der Waals surface area (Å²) >= 11 is 0. The molecule has 0 fully saturated rings. The maximum absolute atomic E-state index is 12.3. The van der Waals surface area contributed by atoms with E-state index in [2.05, 4.69) is 58.0 Å². The van der Waals surface area contributed by atoms with E-state index in [-0.39, 0.29) is 5.97 Å². The molecular formula is C33H52O2. The van der Waals surface area contributed by atoms with Gasteiger partial charge in [0.2, 0.25) is 0 Å². The minimum atomic E-state index is -0.0600. The van der Waals surface area contributed by atoms with Crippen molar-refractivity contribution in [3.63, 3.8) is 0 Å². The second kappa shape index (κ2) is 17.6. The van der Waals surface area contributed by atoms with Gasteiger partial charge in [0.05, 0.1) is 0 Å². The molecular weight excluding hydrogens is 428 g/mol. The summed E-state index contributed by atoms with van der Waals surface area (Å²) in [5.41, 5.74) is 6.18. The molecule has 2 heteroatoms. The average molecular weight is 481 g/mol. The van der Waals surface area contributed by atoms with E-state index in [1.54, 1.807) is 0 Å². The fourth-order valence-electron chi connectivity index (χ4n) is 4.93. The van der Waals surface area contributed by atoms with E-state index in [0.717, 1.165) is 18.4 Å². The number of unbranched alkanes of at least 4 members (excludes halogenated alkanes) is 14. The van der Waals surface area contributed by atoms with Gasteiger partial charge in [-0.2, -0.15) is 0 Å². The first-order valence-corrected chi connectivity index (χ1v) is 14.7. The number of hydrogen-bond donors (Lipinski definition) is 0. The first-order valence-electron chi connectivity index (χ1n) is 14.7. The molecule has 0 atom stereocenters. The monoisotopic (exact) mass is 480 g/mol. The Morgan fingerprint density at radius 2 is 1.26 bits per heavy atom. The number of ether oxygens (including phenoxy) is 1. The smallest absolute Gasteiger partial charge is 0.306 e. The highest BCUT2D eigenvalue weighted by Gasteiger charge is 2.14. The van der Waals surface area contributed by atoms with Gasteiger partial charge in [0, 0.05) is 6.42 Å². The Bertz CT molecular complexity index is 807. The van der Waals surface area contributed by atoms with Gasteiger partial charge < -0.3 is 4.74 Å². The van der Waals surface area contributed by atoms with Crippen LogP contribution in [0.15, 0.2) is 30.3 Å². The maximum Gasteiger partial charge on any atom is 0.306 e. The Balaban J connectivity index is 1.51. The Morgan fingerprint density at radius 3 is 1.80 bits per heavy atom. The quantitative estimate of drug-likeness (QED) is 0.148. The van der Waals surface area contributed by atoms with E-state index in [1.807, 2.05) is 0 Å². The zero-order valence-corrected chi connectivity index (χ0v) is 23.3. The van der Waals surface area contributed by atoms with Gasteiger partial charge in [-0.25, -0.2) is 0 Å². The van der Waals surface area contributed by atoms with Crippen molar-refractivity contribution in [2.24, 2.45) is 0 Å². The Hall–Kier alpha value is -1.83. The molecule has 0 heterocycles. The van der Waals surface area contributed by atoms with E-state index >= 15 is 0 Å². The molecule has 2 rings (SSSR count). The van der Waals surface area contributed by atoms with Crippen LogP contribution in [0, 0.1) is 6.92 Å². The number of fused-ring (bicyclic) bond motifs is 1. The summed E-state index contributed by atoms with van der Waals surface area (Å²) in [5, 5.41) is 0. The van der Waals surface area contributed by atoms with Gasteiger partial charge in [-0.15, -0.1) is 0 Å². The molecule has 35 heavy (non-hydrogen) atoms. The molecule has 2 aliphatic carbocycles. The van der Waals surface area contributed by atoms with Crippen molar-refractivity contribution >= 4 is 5.97 Å². The van der Waals surface area contributed by atoms with Crippen LogP contribution < -0.4 is 0 Å². The lowest BCUT2D eigenvalue weighted by molar-refractivity contribution is -0.145. The number of rotatable bonds is 19. The van der Waals surface area contributed by atoms with Crippen molar-refractivity contribution in [3.8, 4) is 11.1 Å². The topological polar surface area (TPSA) is 26.3 Å². The van der Waals surface area contributed by atoms with Gasteiger partial charge in [0.25, 0.3) is 0 Å². The van der Waals surface area contributed by atoms with Gasteiger partial charge in [-0.1, -0.05) is 141 Å². The lowest BCUT2D eigenvalue weighted by atomic mass is 10.0. The van der Waals surface area contributed by atoms with E-state index in [1.165, 1.54) is 106 Å². The summed E-state index contributed by atoms with van der Waals surface area (Å²) in [5.74, 6) is 0.413. The van der Waals surface area contributed by atoms with E-state index < -0.39 is 0 Å². The lowest BCUT2D eigenvalue weighted by Crippen LogP contribution is -2.04. The predicted octanol–water partition coefficient (Wildman–Crippen LogP) is 10.5. The molecule has 0 radical (unpaired) electrons. The number of carbonyl (C=O) groups excluding carboxylic acids is 1. The van der Waals surface area contributed by atoms with E-state index in [0.29, 0.717) is 18.9 Å². The van der Waals surface area contributed by atoms with Crippen LogP contribution in [0.2, 0.25) is 0 Å². The predicted molar refractivity (Wildman–Crippen MR) is 151 cm³/mol. The molecule has 196 valence electrons. The van der Waals surface area contributed by atoms with Crippen LogP contribution in [0.5, 0.6) is 0 Å². The minimum Gasteiger partial charge on any atom is -0.461 e. The number of carbonyl (C=O) groups is 1. The molecule has 0 aromatic rings. The third-order valence-corrected chi connectivity index (χ3v) is 7.39. The first kappa shape index (κ1) is 29.4. The molecule has 0 amide bonds. The fourth-order valence-corrected chi connectivity index (χ4v) is 4.93. The van der Waals surface area contributed by atoms with Crippen LogP contribution in [-0.2, 0) is 16.1 Å². The summed E-state index contributed by atoms with van der Waals surface area (Å²) in [6.07, 6.45) is 20.6. The molecule has 0 aliphatic heterocycles. The highest BCUT2D eigenvalue weighted by Crippen LogP contribution is 2.33. The summed E-state index contributed by atoms with van der Waals surface area (Å²) in [6.45, 7) is 9.25. The molecule has 0 saturated carbocycles. The Kier molecular flexibility index (Phi) is 14.8. The normalized spacial score (nSPS) is 11.5. The van der Waals surface area contributed by atoms with Crippen LogP contribution >= 0.6 is 0 Å². The third-order valence-electron chi connectivity index (χ3n) is 7.39. The van der Waals surface area contributed by atoms with Gasteiger partial charge in [-0.05, 0) is 47.1 Å². The van der Waals surface area contributed by atoms with Crippen LogP contribution in [-0.4, -0.2) is 5.97 Å². The highest BCUT2D eigenvalue weighted by atomic mass is 16.5. The number of hydrogen-bond acceptors (Lipinski definition) is 2. The van der Waals surface area contributed by atoms with Crippen molar-refractivity contribution in [2.45, 2.75) is 143 Å². The maximum atomic E-state index is 12.3. The summed E-state index contributed by atoms with van der Waals surface area (Å²) in [7, 11) is 0. The summed E-state index contributed by atoms with van der Waals surface area (Å²) in [6, 6.07) is 11.0. The molecule has 2 nitrogen and oxygen atoms in total. The molecule has 0 saturated heterocycles. The first-order chi connectivity index (χ1) is 17.0. The van der Waals surface area contributed by atoms with Crippen molar-refractivity contribution in [2.75, 3.05) is 0 Å². The molecule has 0 unspecified atom stereocenters. The van der Waals surface area contributed by atoms with Crippen molar-refractivity contribution in [1.82, 2.24) is 0 Å².